The molecule has 3 heteroatoms. The van der Waals surface area contributed by atoms with Crippen LogP contribution in [0.3, 0.4) is 0 Å². The van der Waals surface area contributed by atoms with E-state index in [0.717, 1.165) is 21.7 Å². The quantitative estimate of drug-likeness (QED) is 0.324. The fraction of sp³-hybridized carbons (Fsp3) is 0. The minimum absolute atomic E-state index is 0. The monoisotopic (exact) mass is 507 g/mol. The number of rotatable bonds is 2. The first kappa shape index (κ1) is 18.3. The van der Waals surface area contributed by atoms with E-state index in [1.807, 2.05) is 78.2 Å². The third-order valence-corrected chi connectivity index (χ3v) is 3.91. The molecule has 2 aromatic carbocycles. The van der Waals surface area contributed by atoms with Gasteiger partial charge in [0.15, 0.2) is 0 Å². The summed E-state index contributed by atoms with van der Waals surface area (Å²) in [5.41, 5.74) is 3.19. The first-order valence-electron chi connectivity index (χ1n) is 7.24. The zero-order chi connectivity index (χ0) is 15.7. The predicted molar refractivity (Wildman–Crippen MR) is 95.9 cm³/mol. The molecular formula is C21H14NPtS-3. The summed E-state index contributed by atoms with van der Waals surface area (Å²) in [5, 5.41) is 2.00. The Bertz CT molecular complexity index is 763. The van der Waals surface area contributed by atoms with Crippen molar-refractivity contribution in [1.82, 2.24) is 4.98 Å². The molecule has 24 heavy (non-hydrogen) atoms. The third kappa shape index (κ3) is 5.26. The van der Waals surface area contributed by atoms with Crippen molar-refractivity contribution in [3.8, 4) is 21.7 Å². The molecule has 122 valence electrons. The molecule has 0 spiro atoms. The van der Waals surface area contributed by atoms with Crippen LogP contribution in [0.4, 0.5) is 0 Å². The molecule has 4 aromatic rings. The number of aromatic nitrogens is 1. The Kier molecular flexibility index (Phi) is 7.61. The van der Waals surface area contributed by atoms with Crippen LogP contribution in [0.2, 0.25) is 0 Å². The molecule has 0 amide bonds. The van der Waals surface area contributed by atoms with E-state index >= 15 is 0 Å². The maximum absolute atomic E-state index is 4.20. The zero-order valence-corrected chi connectivity index (χ0v) is 15.8. The Balaban J connectivity index is 0.000000167. The Hall–Kier alpha value is -2.02. The third-order valence-electron chi connectivity index (χ3n) is 3.07. The van der Waals surface area contributed by atoms with Crippen molar-refractivity contribution < 1.29 is 21.1 Å². The van der Waals surface area contributed by atoms with Crippen LogP contribution in [0.25, 0.3) is 21.7 Å². The van der Waals surface area contributed by atoms with Crippen LogP contribution in [0.5, 0.6) is 0 Å². The molecule has 0 aliphatic heterocycles. The molecule has 2 aromatic heterocycles. The zero-order valence-electron chi connectivity index (χ0n) is 12.8. The van der Waals surface area contributed by atoms with E-state index in [2.05, 4.69) is 23.2 Å². The fourth-order valence-corrected chi connectivity index (χ4v) is 2.65. The Morgan fingerprint density at radius 3 is 1.83 bits per heavy atom. The van der Waals surface area contributed by atoms with Gasteiger partial charge in [-0.05, 0) is 11.8 Å². The van der Waals surface area contributed by atoms with Gasteiger partial charge in [-0.25, -0.2) is 22.5 Å². The summed E-state index contributed by atoms with van der Waals surface area (Å²) in [6.07, 6.45) is 1.79. The molecule has 2 heterocycles. The summed E-state index contributed by atoms with van der Waals surface area (Å²) in [5.74, 6) is 0. The number of hydrogen-bond acceptors (Lipinski definition) is 2. The largest absolute Gasteiger partial charge is 0.319 e. The summed E-state index contributed by atoms with van der Waals surface area (Å²) < 4.78 is 0. The average molecular weight is 507 g/mol. The molecule has 0 saturated carbocycles. The van der Waals surface area contributed by atoms with Crippen LogP contribution in [-0.4, -0.2) is 4.98 Å². The Morgan fingerprint density at radius 1 is 0.708 bits per heavy atom. The first-order chi connectivity index (χ1) is 11.4. The number of thiophene rings is 1. The minimum Gasteiger partial charge on any atom is -0.319 e. The topological polar surface area (TPSA) is 12.9 Å². The van der Waals surface area contributed by atoms with Crippen LogP contribution >= 0.6 is 11.3 Å². The van der Waals surface area contributed by atoms with Gasteiger partial charge in [0.1, 0.15) is 0 Å². The van der Waals surface area contributed by atoms with Crippen LogP contribution in [0.15, 0.2) is 84.4 Å². The van der Waals surface area contributed by atoms with Gasteiger partial charge in [-0.3, -0.25) is 0 Å². The van der Waals surface area contributed by atoms with E-state index in [1.54, 1.807) is 17.5 Å². The summed E-state index contributed by atoms with van der Waals surface area (Å²) in [6.45, 7) is 0. The summed E-state index contributed by atoms with van der Waals surface area (Å²) >= 11 is 1.66. The van der Waals surface area contributed by atoms with E-state index in [9.17, 15) is 0 Å². The fourth-order valence-electron chi connectivity index (χ4n) is 2.00. The average Bonchev–Trinajstić information content (AvgIpc) is 3.19. The van der Waals surface area contributed by atoms with Crippen LogP contribution < -0.4 is 0 Å². The maximum Gasteiger partial charge on any atom is 0.0124 e. The Labute approximate surface area is 161 Å². The minimum atomic E-state index is 0. The van der Waals surface area contributed by atoms with Gasteiger partial charge in [-0.15, -0.1) is 17.5 Å². The number of nitrogens with zero attached hydrogens (tertiary/aromatic N) is 1. The molecular weight excluding hydrogens is 493 g/mol. The number of benzene rings is 2. The number of pyridine rings is 1. The van der Waals surface area contributed by atoms with Gasteiger partial charge in [-0.1, -0.05) is 17.0 Å². The van der Waals surface area contributed by atoms with Crippen molar-refractivity contribution >= 4 is 11.3 Å². The maximum atomic E-state index is 4.20. The van der Waals surface area contributed by atoms with Crippen molar-refractivity contribution in [2.75, 3.05) is 0 Å². The summed E-state index contributed by atoms with van der Waals surface area (Å²) in [7, 11) is 0. The standard InChI is InChI=1S/C12H8.C9H6NS.Pt/c1-3-7-11(8-4-1)12-9-5-2-6-10-12;1-2-6-10-8(4-1)9-5-3-7-11-9;/h1-7,9H;1-4,6-7H;/q-2;-1;. The summed E-state index contributed by atoms with van der Waals surface area (Å²) in [6, 6.07) is 33.0. The van der Waals surface area contributed by atoms with E-state index in [-0.39, 0.29) is 21.1 Å². The molecule has 1 nitrogen and oxygen atoms in total. The first-order valence-corrected chi connectivity index (χ1v) is 8.12. The predicted octanol–water partition coefficient (Wildman–Crippen LogP) is 5.56. The molecule has 0 atom stereocenters. The molecule has 4 rings (SSSR count). The Morgan fingerprint density at radius 2 is 1.38 bits per heavy atom. The van der Waals surface area contributed by atoms with E-state index < -0.39 is 0 Å². The molecule has 0 saturated heterocycles. The van der Waals surface area contributed by atoms with Gasteiger partial charge < -0.3 is 4.98 Å². The molecule has 0 aliphatic rings. The van der Waals surface area contributed by atoms with Gasteiger partial charge in [-0.2, -0.15) is 60.7 Å². The second-order valence-corrected chi connectivity index (χ2v) is 5.58. The number of hydrogen-bond donors (Lipinski definition) is 0. The van der Waals surface area contributed by atoms with E-state index in [4.69, 9.17) is 0 Å². The van der Waals surface area contributed by atoms with E-state index in [0.29, 0.717) is 0 Å². The molecule has 0 fully saturated rings. The van der Waals surface area contributed by atoms with Crippen molar-refractivity contribution in [2.24, 2.45) is 0 Å². The van der Waals surface area contributed by atoms with Crippen molar-refractivity contribution in [2.45, 2.75) is 0 Å². The normalized spacial score (nSPS) is 9.33. The molecule has 0 aliphatic carbocycles. The molecule has 0 bridgehead atoms. The van der Waals surface area contributed by atoms with Crippen LogP contribution in [0, 0.1) is 18.2 Å². The van der Waals surface area contributed by atoms with Crippen molar-refractivity contribution in [1.29, 1.82) is 0 Å². The molecule has 0 N–H and O–H groups in total. The smallest absolute Gasteiger partial charge is 0.0124 e. The van der Waals surface area contributed by atoms with E-state index in [1.165, 1.54) is 0 Å². The van der Waals surface area contributed by atoms with Crippen LogP contribution in [-0.2, 0) is 21.1 Å². The SMILES string of the molecule is [Pt].[c-]1ccccc1-c1[c-]cccc1.[c-]1ccsc1-c1ccccn1. The second-order valence-electron chi connectivity index (χ2n) is 4.66. The van der Waals surface area contributed by atoms with Gasteiger partial charge in [0, 0.05) is 27.3 Å². The van der Waals surface area contributed by atoms with Crippen molar-refractivity contribution in [3.63, 3.8) is 0 Å². The second kappa shape index (κ2) is 9.97. The van der Waals surface area contributed by atoms with Gasteiger partial charge in [0.25, 0.3) is 0 Å². The van der Waals surface area contributed by atoms with Gasteiger partial charge in [0.05, 0.1) is 0 Å². The molecule has 0 radical (unpaired) electrons. The molecule has 0 unspecified atom stereocenters. The van der Waals surface area contributed by atoms with Crippen LogP contribution in [0.1, 0.15) is 0 Å². The van der Waals surface area contributed by atoms with Gasteiger partial charge >= 0.3 is 0 Å². The van der Waals surface area contributed by atoms with Crippen molar-refractivity contribution in [3.05, 3.63) is 103 Å². The summed E-state index contributed by atoms with van der Waals surface area (Å²) in [4.78, 5) is 5.30. The van der Waals surface area contributed by atoms with Gasteiger partial charge in [0.2, 0.25) is 0 Å².